The predicted octanol–water partition coefficient (Wildman–Crippen LogP) is 2.92. The number of nitrogens with one attached hydrogen (secondary N) is 1. The highest BCUT2D eigenvalue weighted by Gasteiger charge is 2.27. The van der Waals surface area contributed by atoms with Gasteiger partial charge in [0.25, 0.3) is 0 Å². The third kappa shape index (κ3) is 6.11. The number of aromatic nitrogens is 2. The molecule has 1 amide bonds. The molecule has 1 N–H and O–H groups in total. The van der Waals surface area contributed by atoms with Gasteiger partial charge >= 0.3 is 0 Å². The molecule has 3 rings (SSSR count). The Morgan fingerprint density at radius 2 is 1.90 bits per heavy atom. The summed E-state index contributed by atoms with van der Waals surface area (Å²) in [6.45, 7) is 8.52. The molecule has 29 heavy (non-hydrogen) atoms. The lowest BCUT2D eigenvalue weighted by atomic mass is 9.92. The number of carbonyl (C=O) groups excluding carboxylic acids is 1. The van der Waals surface area contributed by atoms with Gasteiger partial charge in [-0.1, -0.05) is 62.2 Å². The minimum Gasteiger partial charge on any atom is -0.379 e. The smallest absolute Gasteiger partial charge is 0.227 e. The van der Waals surface area contributed by atoms with E-state index in [1.807, 2.05) is 30.3 Å². The fraction of sp³-hybridized carbons (Fsp3) is 0.591. The van der Waals surface area contributed by atoms with Gasteiger partial charge in [0.15, 0.2) is 0 Å². The van der Waals surface area contributed by atoms with Gasteiger partial charge in [0.05, 0.1) is 13.2 Å². The van der Waals surface area contributed by atoms with Crippen molar-refractivity contribution in [3.05, 3.63) is 36.2 Å². The van der Waals surface area contributed by atoms with Crippen molar-refractivity contribution >= 4 is 5.91 Å². The van der Waals surface area contributed by atoms with E-state index in [1.165, 1.54) is 0 Å². The standard InChI is InChI=1S/C22H32N4O3/c1-3-17(4-2)19(26-12-14-28-15-13-26)16-23-20(27)10-11-21-24-22(25-29-21)18-8-6-5-7-9-18/h5-9,17,19H,3-4,10-16H2,1-2H3,(H,23,27). The van der Waals surface area contributed by atoms with Crippen molar-refractivity contribution in [3.8, 4) is 11.4 Å². The Bertz CT molecular complexity index is 740. The molecule has 1 aliphatic rings. The Morgan fingerprint density at radius 3 is 2.59 bits per heavy atom. The molecule has 1 aromatic carbocycles. The number of rotatable bonds is 10. The van der Waals surface area contributed by atoms with E-state index >= 15 is 0 Å². The molecule has 0 saturated carbocycles. The lowest BCUT2D eigenvalue weighted by Crippen LogP contribution is -2.52. The van der Waals surface area contributed by atoms with Crippen LogP contribution in [-0.4, -0.2) is 59.8 Å². The zero-order valence-electron chi connectivity index (χ0n) is 17.5. The maximum Gasteiger partial charge on any atom is 0.227 e. The van der Waals surface area contributed by atoms with Gasteiger partial charge in [-0.3, -0.25) is 9.69 Å². The zero-order valence-corrected chi connectivity index (χ0v) is 17.5. The lowest BCUT2D eigenvalue weighted by Gasteiger charge is -2.38. The van der Waals surface area contributed by atoms with E-state index in [0.717, 1.165) is 44.7 Å². The number of carbonyl (C=O) groups is 1. The van der Waals surface area contributed by atoms with E-state index in [2.05, 4.69) is 34.2 Å². The van der Waals surface area contributed by atoms with Crippen molar-refractivity contribution < 1.29 is 14.1 Å². The van der Waals surface area contributed by atoms with E-state index < -0.39 is 0 Å². The number of hydrogen-bond donors (Lipinski definition) is 1. The van der Waals surface area contributed by atoms with Crippen molar-refractivity contribution in [2.45, 2.75) is 45.6 Å². The highest BCUT2D eigenvalue weighted by Crippen LogP contribution is 2.20. The first-order valence-electron chi connectivity index (χ1n) is 10.7. The van der Waals surface area contributed by atoms with Crippen LogP contribution < -0.4 is 5.32 Å². The van der Waals surface area contributed by atoms with E-state index in [1.54, 1.807) is 0 Å². The Hall–Kier alpha value is -2.25. The van der Waals surface area contributed by atoms with Gasteiger partial charge in [0.1, 0.15) is 0 Å². The SMILES string of the molecule is CCC(CC)C(CNC(=O)CCc1nc(-c2ccccc2)no1)N1CCOCC1. The molecule has 0 bridgehead atoms. The molecule has 2 heterocycles. The molecule has 2 aromatic rings. The molecule has 0 aliphatic carbocycles. The number of aryl methyl sites for hydroxylation is 1. The van der Waals surface area contributed by atoms with Crippen LogP contribution >= 0.6 is 0 Å². The Labute approximate surface area is 172 Å². The Kier molecular flexibility index (Phi) is 8.19. The largest absolute Gasteiger partial charge is 0.379 e. The molecule has 7 heteroatoms. The molecule has 1 aromatic heterocycles. The summed E-state index contributed by atoms with van der Waals surface area (Å²) in [6.07, 6.45) is 3.01. The summed E-state index contributed by atoms with van der Waals surface area (Å²) in [5.74, 6) is 1.64. The Morgan fingerprint density at radius 1 is 1.17 bits per heavy atom. The van der Waals surface area contributed by atoms with Crippen LogP contribution in [0.25, 0.3) is 11.4 Å². The summed E-state index contributed by atoms with van der Waals surface area (Å²) in [7, 11) is 0. The topological polar surface area (TPSA) is 80.5 Å². The van der Waals surface area contributed by atoms with Crippen LogP contribution in [0.5, 0.6) is 0 Å². The molecule has 158 valence electrons. The number of ether oxygens (including phenoxy) is 1. The number of hydrogen-bond acceptors (Lipinski definition) is 6. The van der Waals surface area contributed by atoms with Crippen molar-refractivity contribution in [2.24, 2.45) is 5.92 Å². The number of morpholine rings is 1. The van der Waals surface area contributed by atoms with Crippen LogP contribution in [0.1, 0.15) is 39.0 Å². The number of benzene rings is 1. The molecule has 1 saturated heterocycles. The second kappa shape index (κ2) is 11.1. The molecule has 1 aliphatic heterocycles. The summed E-state index contributed by atoms with van der Waals surface area (Å²) < 4.78 is 10.8. The molecule has 1 atom stereocenters. The third-order valence-corrected chi connectivity index (χ3v) is 5.68. The molecular weight excluding hydrogens is 368 g/mol. The first kappa shape index (κ1) is 21.5. The summed E-state index contributed by atoms with van der Waals surface area (Å²) in [6, 6.07) is 10.0. The van der Waals surface area contributed by atoms with E-state index in [0.29, 0.717) is 43.1 Å². The second-order valence-electron chi connectivity index (χ2n) is 7.47. The van der Waals surface area contributed by atoms with Crippen LogP contribution in [0.3, 0.4) is 0 Å². The zero-order chi connectivity index (χ0) is 20.5. The normalized spacial score (nSPS) is 16.1. The van der Waals surface area contributed by atoms with Crippen LogP contribution in [0, 0.1) is 5.92 Å². The van der Waals surface area contributed by atoms with Gasteiger partial charge in [-0.15, -0.1) is 0 Å². The summed E-state index contributed by atoms with van der Waals surface area (Å²) in [5, 5.41) is 7.14. The highest BCUT2D eigenvalue weighted by atomic mass is 16.5. The third-order valence-electron chi connectivity index (χ3n) is 5.68. The van der Waals surface area contributed by atoms with E-state index in [9.17, 15) is 4.79 Å². The molecular formula is C22H32N4O3. The van der Waals surface area contributed by atoms with Crippen LogP contribution in [0.15, 0.2) is 34.9 Å². The molecule has 0 spiro atoms. The van der Waals surface area contributed by atoms with Crippen LogP contribution in [0.2, 0.25) is 0 Å². The fourth-order valence-corrected chi connectivity index (χ4v) is 3.92. The van der Waals surface area contributed by atoms with Crippen molar-refractivity contribution in [1.82, 2.24) is 20.4 Å². The number of amides is 1. The van der Waals surface area contributed by atoms with Gasteiger partial charge in [-0.2, -0.15) is 4.98 Å². The Balaban J connectivity index is 1.49. The first-order chi connectivity index (χ1) is 14.2. The fourth-order valence-electron chi connectivity index (χ4n) is 3.92. The van der Waals surface area contributed by atoms with Gasteiger partial charge < -0.3 is 14.6 Å². The highest BCUT2D eigenvalue weighted by molar-refractivity contribution is 5.76. The van der Waals surface area contributed by atoms with Crippen LogP contribution in [0.4, 0.5) is 0 Å². The molecule has 7 nitrogen and oxygen atoms in total. The maximum absolute atomic E-state index is 12.4. The van der Waals surface area contributed by atoms with Crippen LogP contribution in [-0.2, 0) is 16.0 Å². The van der Waals surface area contributed by atoms with Gasteiger partial charge in [0.2, 0.25) is 17.6 Å². The minimum absolute atomic E-state index is 0.0219. The number of nitrogens with zero attached hydrogens (tertiary/aromatic N) is 3. The average molecular weight is 401 g/mol. The molecule has 1 unspecified atom stereocenters. The van der Waals surface area contributed by atoms with Crippen molar-refractivity contribution in [3.63, 3.8) is 0 Å². The van der Waals surface area contributed by atoms with Crippen molar-refractivity contribution in [1.29, 1.82) is 0 Å². The molecule has 0 radical (unpaired) electrons. The van der Waals surface area contributed by atoms with E-state index in [-0.39, 0.29) is 5.91 Å². The van der Waals surface area contributed by atoms with Gasteiger partial charge in [0, 0.05) is 44.1 Å². The average Bonchev–Trinajstić information content (AvgIpc) is 3.25. The summed E-state index contributed by atoms with van der Waals surface area (Å²) in [4.78, 5) is 19.3. The van der Waals surface area contributed by atoms with E-state index in [4.69, 9.17) is 9.26 Å². The molecule has 1 fully saturated rings. The van der Waals surface area contributed by atoms with Gasteiger partial charge in [-0.05, 0) is 5.92 Å². The monoisotopic (exact) mass is 400 g/mol. The second-order valence-corrected chi connectivity index (χ2v) is 7.47. The summed E-state index contributed by atoms with van der Waals surface area (Å²) >= 11 is 0. The minimum atomic E-state index is 0.0219. The summed E-state index contributed by atoms with van der Waals surface area (Å²) in [5.41, 5.74) is 0.908. The first-order valence-corrected chi connectivity index (χ1v) is 10.7. The maximum atomic E-state index is 12.4. The van der Waals surface area contributed by atoms with Gasteiger partial charge in [-0.25, -0.2) is 0 Å². The van der Waals surface area contributed by atoms with Crippen molar-refractivity contribution in [2.75, 3.05) is 32.8 Å². The predicted molar refractivity (Wildman–Crippen MR) is 111 cm³/mol. The lowest BCUT2D eigenvalue weighted by molar-refractivity contribution is -0.121. The quantitative estimate of drug-likeness (QED) is 0.660.